The molecule has 1 unspecified atom stereocenters. The number of carbonyl (C=O) groups is 2. The summed E-state index contributed by atoms with van der Waals surface area (Å²) in [5.74, 6) is 0.291. The number of nitrogens with zero attached hydrogens (tertiary/aromatic N) is 2. The van der Waals surface area contributed by atoms with Gasteiger partial charge in [0, 0.05) is 49.0 Å². The summed E-state index contributed by atoms with van der Waals surface area (Å²) in [5.41, 5.74) is 3.21. The largest absolute Gasteiger partial charge is 0.497 e. The number of methoxy groups -OCH3 is 1. The maximum absolute atomic E-state index is 12.6. The molecule has 1 atom stereocenters. The summed E-state index contributed by atoms with van der Waals surface area (Å²) in [6.07, 6.45) is 1.08. The van der Waals surface area contributed by atoms with E-state index < -0.39 is 0 Å². The first-order valence-corrected chi connectivity index (χ1v) is 10.3. The highest BCUT2D eigenvalue weighted by Crippen LogP contribution is 2.28. The lowest BCUT2D eigenvalue weighted by molar-refractivity contribution is -0.126. The van der Waals surface area contributed by atoms with Crippen LogP contribution in [0.4, 0.5) is 5.69 Å². The molecule has 30 heavy (non-hydrogen) atoms. The predicted molar refractivity (Wildman–Crippen MR) is 118 cm³/mol. The monoisotopic (exact) mass is 405 g/mol. The van der Waals surface area contributed by atoms with Gasteiger partial charge in [-0.25, -0.2) is 0 Å². The van der Waals surface area contributed by atoms with Gasteiger partial charge >= 0.3 is 0 Å². The molecule has 0 saturated carbocycles. The zero-order chi connectivity index (χ0) is 21.1. The molecule has 1 aliphatic heterocycles. The number of anilines is 1. The Hall–Kier alpha value is -3.28. The van der Waals surface area contributed by atoms with Crippen molar-refractivity contribution in [2.45, 2.75) is 26.3 Å². The maximum atomic E-state index is 12.6. The van der Waals surface area contributed by atoms with Crippen molar-refractivity contribution in [3.63, 3.8) is 0 Å². The van der Waals surface area contributed by atoms with E-state index in [1.165, 1.54) is 16.6 Å². The second-order valence-electron chi connectivity index (χ2n) is 7.75. The van der Waals surface area contributed by atoms with Crippen LogP contribution in [-0.4, -0.2) is 36.6 Å². The van der Waals surface area contributed by atoms with Gasteiger partial charge in [-0.2, -0.15) is 0 Å². The zero-order valence-corrected chi connectivity index (χ0v) is 17.4. The Morgan fingerprint density at radius 2 is 2.00 bits per heavy atom. The van der Waals surface area contributed by atoms with Crippen LogP contribution in [0.5, 0.6) is 5.75 Å². The molecule has 0 radical (unpaired) electrons. The molecule has 0 spiro atoms. The van der Waals surface area contributed by atoms with Gasteiger partial charge in [-0.3, -0.25) is 9.59 Å². The summed E-state index contributed by atoms with van der Waals surface area (Å²) < 4.78 is 7.52. The normalized spacial score (nSPS) is 16.3. The third-order valence-electron chi connectivity index (χ3n) is 5.74. The number of aryl methyl sites for hydroxylation is 2. The Morgan fingerprint density at radius 1 is 1.17 bits per heavy atom. The lowest BCUT2D eigenvalue weighted by Crippen LogP contribution is -2.33. The highest BCUT2D eigenvalue weighted by atomic mass is 16.5. The number of para-hydroxylation sites is 1. The second kappa shape index (κ2) is 8.61. The molecule has 2 amide bonds. The van der Waals surface area contributed by atoms with Crippen molar-refractivity contribution in [2.24, 2.45) is 5.92 Å². The highest BCUT2D eigenvalue weighted by Gasteiger charge is 2.35. The predicted octanol–water partition coefficient (Wildman–Crippen LogP) is 3.52. The van der Waals surface area contributed by atoms with E-state index in [1.54, 1.807) is 12.0 Å². The molecule has 1 aromatic heterocycles. The smallest absolute Gasteiger partial charge is 0.227 e. The number of aromatic nitrogens is 1. The number of carbonyl (C=O) groups excluding carboxylic acids is 2. The highest BCUT2D eigenvalue weighted by molar-refractivity contribution is 6.00. The summed E-state index contributed by atoms with van der Waals surface area (Å²) in [6.45, 7) is 3.95. The van der Waals surface area contributed by atoms with E-state index in [4.69, 9.17) is 4.74 Å². The van der Waals surface area contributed by atoms with Gasteiger partial charge < -0.3 is 19.5 Å². The standard InChI is InChI=1S/C24H27N3O3/c1-17-13-18-7-3-4-10-22(18)26(17)12-6-11-25-24(29)19-14-23(28)27(16-19)20-8-5-9-21(15-20)30-2/h3-5,7-10,13,15,19H,6,11-12,14,16H2,1-2H3,(H,25,29). The molecule has 0 bridgehead atoms. The molecule has 1 aliphatic rings. The first-order valence-electron chi connectivity index (χ1n) is 10.3. The minimum absolute atomic E-state index is 0.0298. The van der Waals surface area contributed by atoms with Crippen molar-refractivity contribution in [3.05, 3.63) is 60.3 Å². The molecule has 2 heterocycles. The summed E-state index contributed by atoms with van der Waals surface area (Å²) in [5, 5.41) is 4.25. The van der Waals surface area contributed by atoms with Crippen molar-refractivity contribution in [1.29, 1.82) is 0 Å². The fraction of sp³-hybridized carbons (Fsp3) is 0.333. The summed E-state index contributed by atoms with van der Waals surface area (Å²) in [7, 11) is 1.60. The van der Waals surface area contributed by atoms with Crippen molar-refractivity contribution >= 4 is 28.4 Å². The molecule has 6 heteroatoms. The van der Waals surface area contributed by atoms with Crippen molar-refractivity contribution in [2.75, 3.05) is 25.1 Å². The quantitative estimate of drug-likeness (QED) is 0.612. The SMILES string of the molecule is COc1cccc(N2CC(C(=O)NCCCn3c(C)cc4ccccc43)CC2=O)c1. The van der Waals surface area contributed by atoms with E-state index >= 15 is 0 Å². The van der Waals surface area contributed by atoms with Gasteiger partial charge in [0.25, 0.3) is 0 Å². The van der Waals surface area contributed by atoms with Crippen LogP contribution >= 0.6 is 0 Å². The molecule has 2 aromatic carbocycles. The Morgan fingerprint density at radius 3 is 2.83 bits per heavy atom. The molecule has 1 saturated heterocycles. The number of amides is 2. The second-order valence-corrected chi connectivity index (χ2v) is 7.75. The molecule has 1 fully saturated rings. The van der Waals surface area contributed by atoms with Crippen LogP contribution in [0.2, 0.25) is 0 Å². The van der Waals surface area contributed by atoms with Gasteiger partial charge in [0.05, 0.1) is 13.0 Å². The minimum atomic E-state index is -0.321. The number of benzene rings is 2. The Balaban J connectivity index is 1.30. The lowest BCUT2D eigenvalue weighted by atomic mass is 10.1. The number of rotatable bonds is 7. The number of hydrogen-bond acceptors (Lipinski definition) is 3. The zero-order valence-electron chi connectivity index (χ0n) is 17.4. The number of fused-ring (bicyclic) bond motifs is 1. The molecule has 1 N–H and O–H groups in total. The molecule has 156 valence electrons. The van der Waals surface area contributed by atoms with Crippen LogP contribution in [0.3, 0.4) is 0 Å². The molecule has 4 rings (SSSR count). The van der Waals surface area contributed by atoms with Crippen LogP contribution in [0.25, 0.3) is 10.9 Å². The summed E-state index contributed by atoms with van der Waals surface area (Å²) in [4.78, 5) is 26.7. The topological polar surface area (TPSA) is 63.6 Å². The fourth-order valence-corrected chi connectivity index (χ4v) is 4.15. The first kappa shape index (κ1) is 20.0. The number of hydrogen-bond donors (Lipinski definition) is 1. The van der Waals surface area contributed by atoms with Gasteiger partial charge in [0.2, 0.25) is 11.8 Å². The van der Waals surface area contributed by atoms with Gasteiger partial charge in [0.1, 0.15) is 5.75 Å². The van der Waals surface area contributed by atoms with E-state index in [1.807, 2.05) is 36.4 Å². The van der Waals surface area contributed by atoms with E-state index in [9.17, 15) is 9.59 Å². The third-order valence-corrected chi connectivity index (χ3v) is 5.74. The van der Waals surface area contributed by atoms with Crippen molar-refractivity contribution in [1.82, 2.24) is 9.88 Å². The molecule has 0 aliphatic carbocycles. The Labute approximate surface area is 176 Å². The first-order chi connectivity index (χ1) is 14.6. The maximum Gasteiger partial charge on any atom is 0.227 e. The van der Waals surface area contributed by atoms with E-state index in [-0.39, 0.29) is 24.2 Å². The van der Waals surface area contributed by atoms with E-state index in [0.29, 0.717) is 18.8 Å². The lowest BCUT2D eigenvalue weighted by Gasteiger charge is -2.17. The molecular weight excluding hydrogens is 378 g/mol. The molecular formula is C24H27N3O3. The third kappa shape index (κ3) is 4.03. The average Bonchev–Trinajstić information content (AvgIpc) is 3.30. The van der Waals surface area contributed by atoms with Gasteiger partial charge in [-0.1, -0.05) is 24.3 Å². The fourth-order valence-electron chi connectivity index (χ4n) is 4.15. The Bertz CT molecular complexity index is 1070. The van der Waals surface area contributed by atoms with Crippen LogP contribution in [0.15, 0.2) is 54.6 Å². The van der Waals surface area contributed by atoms with Gasteiger partial charge in [0.15, 0.2) is 0 Å². The van der Waals surface area contributed by atoms with E-state index in [2.05, 4.69) is 35.0 Å². The Kier molecular flexibility index (Phi) is 5.74. The van der Waals surface area contributed by atoms with E-state index in [0.717, 1.165) is 18.7 Å². The van der Waals surface area contributed by atoms with Crippen LogP contribution in [-0.2, 0) is 16.1 Å². The van der Waals surface area contributed by atoms with Crippen LogP contribution in [0.1, 0.15) is 18.5 Å². The molecule has 6 nitrogen and oxygen atoms in total. The van der Waals surface area contributed by atoms with Crippen molar-refractivity contribution < 1.29 is 14.3 Å². The van der Waals surface area contributed by atoms with Gasteiger partial charge in [-0.05, 0) is 43.0 Å². The van der Waals surface area contributed by atoms with Crippen LogP contribution in [0, 0.1) is 12.8 Å². The van der Waals surface area contributed by atoms with Crippen molar-refractivity contribution in [3.8, 4) is 5.75 Å². The number of ether oxygens (including phenoxy) is 1. The summed E-state index contributed by atoms with van der Waals surface area (Å²) in [6, 6.07) is 17.9. The summed E-state index contributed by atoms with van der Waals surface area (Å²) >= 11 is 0. The molecule has 3 aromatic rings. The minimum Gasteiger partial charge on any atom is -0.497 e. The van der Waals surface area contributed by atoms with Crippen LogP contribution < -0.4 is 15.0 Å². The van der Waals surface area contributed by atoms with Gasteiger partial charge in [-0.15, -0.1) is 0 Å². The number of nitrogens with one attached hydrogen (secondary N) is 1. The average molecular weight is 405 g/mol.